The van der Waals surface area contributed by atoms with E-state index >= 15 is 0 Å². The Kier molecular flexibility index (Phi) is 9.29. The molecule has 1 amide bonds. The van der Waals surface area contributed by atoms with Crippen LogP contribution in [0.1, 0.15) is 39.0 Å². The van der Waals surface area contributed by atoms with Crippen LogP contribution in [-0.2, 0) is 4.79 Å². The summed E-state index contributed by atoms with van der Waals surface area (Å²) < 4.78 is 5.77. The third-order valence-electron chi connectivity index (χ3n) is 4.00. The molecule has 0 unspecified atom stereocenters. The first-order chi connectivity index (χ1) is 13.1. The fourth-order valence-corrected chi connectivity index (χ4v) is 3.05. The quantitative estimate of drug-likeness (QED) is 0.423. The van der Waals surface area contributed by atoms with Crippen LogP contribution in [0.3, 0.4) is 0 Å². The number of rotatable bonds is 11. The van der Waals surface area contributed by atoms with Crippen LogP contribution in [0.25, 0.3) is 0 Å². The highest BCUT2D eigenvalue weighted by Crippen LogP contribution is 2.25. The van der Waals surface area contributed by atoms with Crippen LogP contribution < -0.4 is 15.4 Å². The molecule has 0 saturated carbocycles. The molecule has 27 heavy (non-hydrogen) atoms. The molecule has 4 nitrogen and oxygen atoms in total. The Bertz CT molecular complexity index is 738. The number of hydrogen-bond acceptors (Lipinski definition) is 3. The Hall–Kier alpha value is -1.91. The van der Waals surface area contributed by atoms with Crippen molar-refractivity contribution in [1.82, 2.24) is 0 Å². The van der Waals surface area contributed by atoms with Gasteiger partial charge >= 0.3 is 0 Å². The largest absolute Gasteiger partial charge is 0.494 e. The Morgan fingerprint density at radius 3 is 2.63 bits per heavy atom. The van der Waals surface area contributed by atoms with Gasteiger partial charge in [-0.2, -0.15) is 0 Å². The number of carbonyl (C=O) groups is 1. The summed E-state index contributed by atoms with van der Waals surface area (Å²) in [5.41, 5.74) is 1.36. The number of carbonyl (C=O) groups excluding carboxylic acids is 1. The Morgan fingerprint density at radius 1 is 1.04 bits per heavy atom. The monoisotopic (exact) mass is 408 g/mol. The molecule has 2 rings (SSSR count). The lowest BCUT2D eigenvalue weighted by atomic mass is 10.2. The second-order valence-corrected chi connectivity index (χ2v) is 7.16. The Morgan fingerprint density at radius 2 is 1.85 bits per heavy atom. The minimum Gasteiger partial charge on any atom is -0.494 e. The van der Waals surface area contributed by atoms with E-state index in [0.29, 0.717) is 28.0 Å². The van der Waals surface area contributed by atoms with Crippen molar-refractivity contribution in [1.29, 1.82) is 0 Å². The summed E-state index contributed by atoms with van der Waals surface area (Å²) in [5, 5.41) is 6.88. The number of halogens is 2. The summed E-state index contributed by atoms with van der Waals surface area (Å²) in [6.07, 6.45) is 5.99. The van der Waals surface area contributed by atoms with Gasteiger partial charge in [0, 0.05) is 16.8 Å². The SMILES string of the molecule is CCCCCCCOc1cccc(NC(=O)CNc2ccc(Cl)cc2Cl)c1. The zero-order valence-electron chi connectivity index (χ0n) is 15.6. The van der Waals surface area contributed by atoms with Gasteiger partial charge in [0.2, 0.25) is 5.91 Å². The molecule has 6 heteroatoms. The van der Waals surface area contributed by atoms with E-state index in [1.165, 1.54) is 25.7 Å². The summed E-state index contributed by atoms with van der Waals surface area (Å²) in [4.78, 5) is 12.2. The molecule has 0 radical (unpaired) electrons. The summed E-state index contributed by atoms with van der Waals surface area (Å²) in [6, 6.07) is 12.5. The minimum atomic E-state index is -0.169. The van der Waals surface area contributed by atoms with Gasteiger partial charge in [-0.1, -0.05) is 61.9 Å². The van der Waals surface area contributed by atoms with E-state index < -0.39 is 0 Å². The summed E-state index contributed by atoms with van der Waals surface area (Å²) >= 11 is 12.0. The van der Waals surface area contributed by atoms with E-state index in [0.717, 1.165) is 12.2 Å². The molecule has 0 saturated heterocycles. The molecule has 0 aliphatic carbocycles. The van der Waals surface area contributed by atoms with E-state index in [-0.39, 0.29) is 12.5 Å². The maximum absolute atomic E-state index is 12.2. The number of ether oxygens (including phenoxy) is 1. The fourth-order valence-electron chi connectivity index (χ4n) is 2.57. The van der Waals surface area contributed by atoms with Crippen molar-refractivity contribution in [3.63, 3.8) is 0 Å². The predicted octanol–water partition coefficient (Wildman–Crippen LogP) is 6.39. The summed E-state index contributed by atoms with van der Waals surface area (Å²) in [5.74, 6) is 0.592. The van der Waals surface area contributed by atoms with Gasteiger partial charge < -0.3 is 15.4 Å². The second kappa shape index (κ2) is 11.7. The minimum absolute atomic E-state index is 0.101. The fraction of sp³-hybridized carbons (Fsp3) is 0.381. The smallest absolute Gasteiger partial charge is 0.243 e. The highest BCUT2D eigenvalue weighted by Gasteiger charge is 2.06. The zero-order chi connectivity index (χ0) is 19.5. The average molecular weight is 409 g/mol. The van der Waals surface area contributed by atoms with Crippen LogP contribution in [-0.4, -0.2) is 19.1 Å². The van der Waals surface area contributed by atoms with Crippen LogP contribution >= 0.6 is 23.2 Å². The van der Waals surface area contributed by atoms with E-state index in [1.54, 1.807) is 18.2 Å². The number of benzene rings is 2. The van der Waals surface area contributed by atoms with Gasteiger partial charge in [0.1, 0.15) is 5.75 Å². The maximum Gasteiger partial charge on any atom is 0.243 e. The van der Waals surface area contributed by atoms with E-state index in [1.807, 2.05) is 24.3 Å². The normalized spacial score (nSPS) is 10.5. The highest BCUT2D eigenvalue weighted by atomic mass is 35.5. The molecule has 0 fully saturated rings. The lowest BCUT2D eigenvalue weighted by Crippen LogP contribution is -2.21. The van der Waals surface area contributed by atoms with E-state index in [4.69, 9.17) is 27.9 Å². The van der Waals surface area contributed by atoms with Crippen LogP contribution in [0.5, 0.6) is 5.75 Å². The van der Waals surface area contributed by atoms with Crippen molar-refractivity contribution in [3.8, 4) is 5.75 Å². The van der Waals surface area contributed by atoms with Crippen LogP contribution in [0.2, 0.25) is 10.0 Å². The molecular formula is C21H26Cl2N2O2. The van der Waals surface area contributed by atoms with E-state index in [2.05, 4.69) is 17.6 Å². The van der Waals surface area contributed by atoms with Crippen LogP contribution in [0.15, 0.2) is 42.5 Å². The molecule has 2 N–H and O–H groups in total. The number of unbranched alkanes of at least 4 members (excludes halogenated alkanes) is 4. The van der Waals surface area contributed by atoms with Crippen molar-refractivity contribution >= 4 is 40.5 Å². The molecule has 0 aliphatic rings. The second-order valence-electron chi connectivity index (χ2n) is 6.32. The molecule has 0 atom stereocenters. The van der Waals surface area contributed by atoms with Crippen molar-refractivity contribution in [2.45, 2.75) is 39.0 Å². The first kappa shape index (κ1) is 21.4. The molecule has 0 bridgehead atoms. The van der Waals surface area contributed by atoms with Crippen molar-refractivity contribution < 1.29 is 9.53 Å². The van der Waals surface area contributed by atoms with Gasteiger partial charge in [-0.05, 0) is 36.8 Å². The maximum atomic E-state index is 12.2. The number of amides is 1. The first-order valence-electron chi connectivity index (χ1n) is 9.30. The zero-order valence-corrected chi connectivity index (χ0v) is 17.1. The van der Waals surface area contributed by atoms with Crippen molar-refractivity contribution in [2.24, 2.45) is 0 Å². The van der Waals surface area contributed by atoms with Gasteiger partial charge in [-0.3, -0.25) is 4.79 Å². The summed E-state index contributed by atoms with van der Waals surface area (Å²) in [7, 11) is 0. The molecule has 146 valence electrons. The lowest BCUT2D eigenvalue weighted by molar-refractivity contribution is -0.114. The topological polar surface area (TPSA) is 50.4 Å². The predicted molar refractivity (Wildman–Crippen MR) is 114 cm³/mol. The number of nitrogens with one attached hydrogen (secondary N) is 2. The number of anilines is 2. The average Bonchev–Trinajstić information content (AvgIpc) is 2.64. The molecule has 0 heterocycles. The third kappa shape index (κ3) is 8.10. The van der Waals surface area contributed by atoms with Gasteiger partial charge in [-0.25, -0.2) is 0 Å². The molecule has 0 spiro atoms. The molecule has 0 aromatic heterocycles. The Balaban J connectivity index is 1.76. The molecule has 2 aromatic carbocycles. The molecular weight excluding hydrogens is 383 g/mol. The van der Waals surface area contributed by atoms with Crippen LogP contribution in [0.4, 0.5) is 11.4 Å². The highest BCUT2D eigenvalue weighted by molar-refractivity contribution is 6.36. The standard InChI is InChI=1S/C21H26Cl2N2O2/c1-2-3-4-5-6-12-27-18-9-7-8-17(14-18)25-21(26)15-24-20-11-10-16(22)13-19(20)23/h7-11,13-14,24H,2-6,12,15H2,1H3,(H,25,26). The van der Waals surface area contributed by atoms with Crippen molar-refractivity contribution in [2.75, 3.05) is 23.8 Å². The van der Waals surface area contributed by atoms with Gasteiger partial charge in [0.05, 0.1) is 23.9 Å². The molecule has 0 aliphatic heterocycles. The van der Waals surface area contributed by atoms with E-state index in [9.17, 15) is 4.79 Å². The van der Waals surface area contributed by atoms with Gasteiger partial charge in [0.15, 0.2) is 0 Å². The van der Waals surface area contributed by atoms with Gasteiger partial charge in [-0.15, -0.1) is 0 Å². The van der Waals surface area contributed by atoms with Gasteiger partial charge in [0.25, 0.3) is 0 Å². The Labute approximate surface area is 171 Å². The summed E-state index contributed by atoms with van der Waals surface area (Å²) in [6.45, 7) is 3.00. The number of hydrogen-bond donors (Lipinski definition) is 2. The van der Waals surface area contributed by atoms with Crippen LogP contribution in [0, 0.1) is 0 Å². The molecule has 2 aromatic rings. The third-order valence-corrected chi connectivity index (χ3v) is 4.55. The lowest BCUT2D eigenvalue weighted by Gasteiger charge is -2.11. The van der Waals surface area contributed by atoms with Crippen molar-refractivity contribution in [3.05, 3.63) is 52.5 Å². The first-order valence-corrected chi connectivity index (χ1v) is 10.1.